The lowest BCUT2D eigenvalue weighted by molar-refractivity contribution is 0.0415. The molecule has 1 spiro atoms. The second-order valence-corrected chi connectivity index (χ2v) is 11.8. The largest absolute Gasteiger partial charge is 0.370 e. The molecule has 8 nitrogen and oxygen atoms in total. The minimum Gasteiger partial charge on any atom is -0.370 e. The first-order chi connectivity index (χ1) is 16.2. The summed E-state index contributed by atoms with van der Waals surface area (Å²) in [6.07, 6.45) is 7.76. The highest BCUT2D eigenvalue weighted by Gasteiger charge is 2.70. The number of aryl methyl sites for hydroxylation is 2. The molecule has 34 heavy (non-hydrogen) atoms. The molecule has 2 aliphatic carbocycles. The van der Waals surface area contributed by atoms with Gasteiger partial charge in [-0.3, -0.25) is 0 Å². The van der Waals surface area contributed by atoms with E-state index in [1.54, 1.807) is 13.0 Å². The third-order valence-electron chi connectivity index (χ3n) is 7.77. The fraction of sp³-hybridized carbons (Fsp3) is 0.696. The van der Waals surface area contributed by atoms with Gasteiger partial charge in [0, 0.05) is 50.5 Å². The van der Waals surface area contributed by atoms with Crippen LogP contribution in [0.25, 0.3) is 0 Å². The van der Waals surface area contributed by atoms with Crippen molar-refractivity contribution in [3.8, 4) is 0 Å². The summed E-state index contributed by atoms with van der Waals surface area (Å²) in [6, 6.07) is 1.73. The number of pyridine rings is 1. The molecule has 0 saturated heterocycles. The van der Waals surface area contributed by atoms with Crippen LogP contribution < -0.4 is 10.0 Å². The van der Waals surface area contributed by atoms with E-state index in [9.17, 15) is 17.2 Å². The minimum absolute atomic E-state index is 0.0477. The third kappa shape index (κ3) is 4.56. The maximum Gasteiger partial charge on any atom is 0.254 e. The smallest absolute Gasteiger partial charge is 0.254 e. The number of hydrogen-bond donors (Lipinski definition) is 2. The first-order valence-electron chi connectivity index (χ1n) is 12.2. The van der Waals surface area contributed by atoms with Crippen molar-refractivity contribution in [1.29, 1.82) is 0 Å². The van der Waals surface area contributed by atoms with Crippen LogP contribution in [-0.2, 0) is 29.4 Å². The van der Waals surface area contributed by atoms with Gasteiger partial charge >= 0.3 is 0 Å². The Labute approximate surface area is 199 Å². The number of alkyl halides is 2. The molecular formula is C23H32F2N6O2S. The van der Waals surface area contributed by atoms with Crippen LogP contribution in [0.1, 0.15) is 62.2 Å². The van der Waals surface area contributed by atoms with Crippen LogP contribution in [0, 0.1) is 18.3 Å². The molecule has 0 amide bonds. The van der Waals surface area contributed by atoms with Gasteiger partial charge < -0.3 is 9.88 Å². The van der Waals surface area contributed by atoms with Crippen LogP contribution in [0.5, 0.6) is 0 Å². The maximum absolute atomic E-state index is 13.6. The van der Waals surface area contributed by atoms with E-state index in [1.165, 1.54) is 6.20 Å². The van der Waals surface area contributed by atoms with Crippen LogP contribution in [0.15, 0.2) is 17.2 Å². The fourth-order valence-electron chi connectivity index (χ4n) is 5.46. The molecule has 0 aromatic carbocycles. The lowest BCUT2D eigenvalue weighted by Crippen LogP contribution is -2.28. The van der Waals surface area contributed by atoms with Crippen molar-refractivity contribution < 1.29 is 17.2 Å². The van der Waals surface area contributed by atoms with Crippen molar-refractivity contribution in [1.82, 2.24) is 24.5 Å². The van der Waals surface area contributed by atoms with E-state index in [0.29, 0.717) is 43.1 Å². The molecule has 0 atom stereocenters. The van der Waals surface area contributed by atoms with Gasteiger partial charge in [0.05, 0.1) is 0 Å². The molecule has 2 N–H and O–H groups in total. The Balaban J connectivity index is 1.13. The minimum atomic E-state index is -3.70. The molecule has 0 bridgehead atoms. The first-order valence-corrected chi connectivity index (χ1v) is 13.7. The molecule has 0 radical (unpaired) electrons. The van der Waals surface area contributed by atoms with Crippen molar-refractivity contribution in [2.75, 3.05) is 18.4 Å². The third-order valence-corrected chi connectivity index (χ3v) is 9.37. The average Bonchev–Trinajstić information content (AvgIpc) is 3.12. The summed E-state index contributed by atoms with van der Waals surface area (Å²) in [5.74, 6) is 0.255. The van der Waals surface area contributed by atoms with Crippen LogP contribution in [-0.4, -0.2) is 47.2 Å². The fourth-order valence-corrected chi connectivity index (χ4v) is 6.66. The van der Waals surface area contributed by atoms with Gasteiger partial charge in [-0.15, -0.1) is 10.2 Å². The zero-order valence-electron chi connectivity index (χ0n) is 19.5. The molecule has 2 aromatic rings. The zero-order chi connectivity index (χ0) is 24.0. The van der Waals surface area contributed by atoms with Crippen LogP contribution in [0.3, 0.4) is 0 Å². The second-order valence-electron chi connectivity index (χ2n) is 10.1. The summed E-state index contributed by atoms with van der Waals surface area (Å²) in [5.41, 5.74) is -0.125. The van der Waals surface area contributed by atoms with Crippen LogP contribution >= 0.6 is 0 Å². The molecule has 186 valence electrons. The monoisotopic (exact) mass is 494 g/mol. The summed E-state index contributed by atoms with van der Waals surface area (Å²) >= 11 is 0. The number of aromatic nitrogens is 4. The number of anilines is 1. The highest BCUT2D eigenvalue weighted by Crippen LogP contribution is 2.67. The molecule has 2 aromatic heterocycles. The summed E-state index contributed by atoms with van der Waals surface area (Å²) in [4.78, 5) is 4.44. The van der Waals surface area contributed by atoms with Crippen LogP contribution in [0.2, 0.25) is 0 Å². The Morgan fingerprint density at radius 1 is 1.21 bits per heavy atom. The van der Waals surface area contributed by atoms with Crippen molar-refractivity contribution in [2.45, 2.75) is 82.1 Å². The number of nitrogens with one attached hydrogen (secondary N) is 2. The van der Waals surface area contributed by atoms with E-state index in [-0.39, 0.29) is 17.9 Å². The number of fused-ring (bicyclic) bond motifs is 1. The molecule has 5 rings (SSSR count). The van der Waals surface area contributed by atoms with Gasteiger partial charge in [0.25, 0.3) is 5.92 Å². The van der Waals surface area contributed by atoms with Gasteiger partial charge in [-0.1, -0.05) is 0 Å². The Morgan fingerprint density at radius 3 is 2.68 bits per heavy atom. The Hall–Kier alpha value is -2.14. The average molecular weight is 495 g/mol. The number of hydrogen-bond acceptors (Lipinski definition) is 6. The molecule has 3 aliphatic rings. The predicted molar refractivity (Wildman–Crippen MR) is 123 cm³/mol. The van der Waals surface area contributed by atoms with Gasteiger partial charge in [0.1, 0.15) is 22.4 Å². The van der Waals surface area contributed by atoms with E-state index in [4.69, 9.17) is 0 Å². The van der Waals surface area contributed by atoms with E-state index in [1.807, 2.05) is 0 Å². The number of nitrogens with zero attached hydrogens (tertiary/aromatic N) is 4. The van der Waals surface area contributed by atoms with Gasteiger partial charge in [-0.05, 0) is 63.0 Å². The lowest BCUT2D eigenvalue weighted by Gasteiger charge is -2.29. The van der Waals surface area contributed by atoms with E-state index < -0.39 is 21.4 Å². The van der Waals surface area contributed by atoms with Gasteiger partial charge in [-0.2, -0.15) is 0 Å². The Morgan fingerprint density at radius 2 is 1.97 bits per heavy atom. The van der Waals surface area contributed by atoms with Crippen molar-refractivity contribution in [2.24, 2.45) is 11.3 Å². The van der Waals surface area contributed by atoms with E-state index in [2.05, 4.69) is 29.8 Å². The normalized spacial score (nSPS) is 25.8. The highest BCUT2D eigenvalue weighted by atomic mass is 32.2. The maximum atomic E-state index is 13.6. The Kier molecular flexibility index (Phi) is 6.12. The van der Waals surface area contributed by atoms with Crippen molar-refractivity contribution in [3.05, 3.63) is 29.5 Å². The van der Waals surface area contributed by atoms with Gasteiger partial charge in [-0.25, -0.2) is 26.9 Å². The van der Waals surface area contributed by atoms with Crippen molar-refractivity contribution in [3.63, 3.8) is 0 Å². The molecular weight excluding hydrogens is 462 g/mol. The molecule has 2 saturated carbocycles. The summed E-state index contributed by atoms with van der Waals surface area (Å²) in [6.45, 7) is 3.52. The quantitative estimate of drug-likeness (QED) is 0.583. The molecule has 11 heteroatoms. The molecule has 2 fully saturated rings. The van der Waals surface area contributed by atoms with Crippen LogP contribution in [0.4, 0.5) is 14.6 Å². The van der Waals surface area contributed by atoms with Gasteiger partial charge in [0.15, 0.2) is 0 Å². The molecule has 3 heterocycles. The standard InChI is InChI=1S/C23H32F2N6O2S/c1-16-12-19(26-13-17-5-8-22(9-6-17)15-23(22,24)25)27-14-18(16)34(32,33)28-10-7-21-30-29-20-4-2-3-11-31(20)21/h12,14,17,28H,2-11,13,15H2,1H3,(H,26,27). The first kappa shape index (κ1) is 23.6. The summed E-state index contributed by atoms with van der Waals surface area (Å²) in [5, 5.41) is 11.7. The number of sulfonamides is 1. The summed E-state index contributed by atoms with van der Waals surface area (Å²) in [7, 11) is -3.70. The molecule has 0 unspecified atom stereocenters. The molecule has 1 aliphatic heterocycles. The Bertz CT molecular complexity index is 1160. The number of rotatable bonds is 8. The summed E-state index contributed by atoms with van der Waals surface area (Å²) < 4.78 is 57.5. The number of halogens is 2. The SMILES string of the molecule is Cc1cc(NCC2CCC3(CC2)CC3(F)F)ncc1S(=O)(=O)NCCc1nnc2n1CCCC2. The predicted octanol–water partition coefficient (Wildman–Crippen LogP) is 3.47. The topological polar surface area (TPSA) is 102 Å². The zero-order valence-corrected chi connectivity index (χ0v) is 20.3. The lowest BCUT2D eigenvalue weighted by atomic mass is 9.79. The highest BCUT2D eigenvalue weighted by molar-refractivity contribution is 7.89. The van der Waals surface area contributed by atoms with Gasteiger partial charge in [0.2, 0.25) is 10.0 Å². The van der Waals surface area contributed by atoms with Crippen molar-refractivity contribution >= 4 is 15.8 Å². The van der Waals surface area contributed by atoms with E-state index >= 15 is 0 Å². The second kappa shape index (κ2) is 8.82. The van der Waals surface area contributed by atoms with E-state index in [0.717, 1.165) is 50.3 Å².